The van der Waals surface area contributed by atoms with Crippen molar-refractivity contribution in [1.82, 2.24) is 24.1 Å². The van der Waals surface area contributed by atoms with Gasteiger partial charge < -0.3 is 24.3 Å². The van der Waals surface area contributed by atoms with E-state index in [9.17, 15) is 18.0 Å². The molecule has 0 saturated carbocycles. The molecule has 4 aromatic rings. The molecule has 2 aromatic heterocycles. The zero-order valence-electron chi connectivity index (χ0n) is 31.2. The Morgan fingerprint density at radius 2 is 1.60 bits per heavy atom. The number of ether oxygens (including phenoxy) is 2. The topological polar surface area (TPSA) is 123 Å². The number of piperidine rings is 2. The highest BCUT2D eigenvalue weighted by Gasteiger charge is 2.33. The fourth-order valence-corrected chi connectivity index (χ4v) is 9.60. The van der Waals surface area contributed by atoms with Gasteiger partial charge in [-0.25, -0.2) is 8.42 Å². The molecule has 0 bridgehead atoms. The van der Waals surface area contributed by atoms with E-state index >= 15 is 0 Å². The number of pyridine rings is 1. The maximum atomic E-state index is 13.9. The number of rotatable bonds is 15. The molecule has 284 valence electrons. The SMILES string of the molecule is CCCC(C1CCN(C(=O)c2cc(OC)cc(OC)c2)CC1)n1c(C(=O)NCCCCC2CCN(S(=O)(=O)c3ccccc3)CC2)cc2cnccc21. The largest absolute Gasteiger partial charge is 0.497 e. The molecule has 1 unspecified atom stereocenters. The molecule has 2 fully saturated rings. The molecule has 0 spiro atoms. The Labute approximate surface area is 313 Å². The van der Waals surface area contributed by atoms with Gasteiger partial charge in [-0.2, -0.15) is 4.31 Å². The summed E-state index contributed by atoms with van der Waals surface area (Å²) < 4.78 is 40.7. The summed E-state index contributed by atoms with van der Waals surface area (Å²) in [5, 5.41) is 4.14. The van der Waals surface area contributed by atoms with Gasteiger partial charge in [-0.15, -0.1) is 0 Å². The number of amides is 2. The molecule has 2 aliphatic heterocycles. The predicted molar refractivity (Wildman–Crippen MR) is 206 cm³/mol. The van der Waals surface area contributed by atoms with E-state index in [-0.39, 0.29) is 17.9 Å². The van der Waals surface area contributed by atoms with E-state index < -0.39 is 10.0 Å². The number of fused-ring (bicyclic) bond motifs is 1. The first kappa shape index (κ1) is 38.3. The van der Waals surface area contributed by atoms with E-state index in [2.05, 4.69) is 21.8 Å². The second kappa shape index (κ2) is 17.6. The van der Waals surface area contributed by atoms with Crippen LogP contribution >= 0.6 is 0 Å². The van der Waals surface area contributed by atoms with Crippen LogP contribution in [-0.4, -0.2) is 85.9 Å². The summed E-state index contributed by atoms with van der Waals surface area (Å²) in [5.41, 5.74) is 2.21. The maximum absolute atomic E-state index is 13.9. The molecule has 12 heteroatoms. The highest BCUT2D eigenvalue weighted by Crippen LogP contribution is 2.37. The van der Waals surface area contributed by atoms with Crippen molar-refractivity contribution in [1.29, 1.82) is 0 Å². The molecule has 1 atom stereocenters. The summed E-state index contributed by atoms with van der Waals surface area (Å²) in [6.07, 6.45) is 11.7. The lowest BCUT2D eigenvalue weighted by Gasteiger charge is -2.37. The van der Waals surface area contributed by atoms with Crippen LogP contribution in [0.1, 0.15) is 91.6 Å². The first-order valence-corrected chi connectivity index (χ1v) is 20.5. The number of hydrogen-bond acceptors (Lipinski definition) is 7. The van der Waals surface area contributed by atoms with Gasteiger partial charge in [0.15, 0.2) is 0 Å². The van der Waals surface area contributed by atoms with Crippen LogP contribution < -0.4 is 14.8 Å². The monoisotopic (exact) mass is 743 g/mol. The van der Waals surface area contributed by atoms with Gasteiger partial charge in [-0.1, -0.05) is 44.4 Å². The van der Waals surface area contributed by atoms with Crippen LogP contribution in [0, 0.1) is 11.8 Å². The van der Waals surface area contributed by atoms with Gasteiger partial charge in [0.1, 0.15) is 17.2 Å². The standard InChI is InChI=1S/C41H53N5O6S/c1-4-10-37(31-17-21-44(22-18-31)41(48)32-25-34(51-2)28-35(26-32)52-3)46-38-14-20-42-29-33(38)27-39(46)40(47)43-19-9-8-11-30-15-23-45(24-16-30)53(49,50)36-12-6-5-7-13-36/h5-7,12-14,20,25-31,37H,4,8-11,15-19,21-24H2,1-3H3,(H,43,47). The van der Waals surface area contributed by atoms with Gasteiger partial charge in [0.2, 0.25) is 10.0 Å². The first-order chi connectivity index (χ1) is 25.7. The molecule has 2 aliphatic rings. The molecular formula is C41H53N5O6S. The minimum Gasteiger partial charge on any atom is -0.497 e. The smallest absolute Gasteiger partial charge is 0.267 e. The number of carbonyl (C=O) groups is 2. The number of sulfonamides is 1. The van der Waals surface area contributed by atoms with E-state index in [1.54, 1.807) is 67.2 Å². The number of unbranched alkanes of at least 4 members (excludes halogenated alkanes) is 1. The molecule has 53 heavy (non-hydrogen) atoms. The summed E-state index contributed by atoms with van der Waals surface area (Å²) in [4.78, 5) is 34.0. The Hall–Kier alpha value is -4.42. The number of nitrogens with one attached hydrogen (secondary N) is 1. The molecule has 2 aromatic carbocycles. The zero-order valence-corrected chi connectivity index (χ0v) is 32.0. The molecule has 2 amide bonds. The van der Waals surface area contributed by atoms with Crippen LogP contribution in [0.15, 0.2) is 78.0 Å². The minimum atomic E-state index is -3.45. The van der Waals surface area contributed by atoms with Crippen molar-refractivity contribution < 1.29 is 27.5 Å². The third kappa shape index (κ3) is 8.87. The summed E-state index contributed by atoms with van der Waals surface area (Å²) in [7, 11) is -0.288. The summed E-state index contributed by atoms with van der Waals surface area (Å²) in [6.45, 7) is 5.11. The average molecular weight is 744 g/mol. The molecule has 1 N–H and O–H groups in total. The molecule has 0 aliphatic carbocycles. The lowest BCUT2D eigenvalue weighted by Crippen LogP contribution is -2.41. The third-order valence-electron chi connectivity index (χ3n) is 11.0. The number of nitrogens with zero attached hydrogens (tertiary/aromatic N) is 4. The lowest BCUT2D eigenvalue weighted by molar-refractivity contribution is 0.0656. The Bertz CT molecular complexity index is 1930. The number of carbonyl (C=O) groups excluding carboxylic acids is 2. The van der Waals surface area contributed by atoms with Crippen molar-refractivity contribution in [2.24, 2.45) is 11.8 Å². The van der Waals surface area contributed by atoms with Gasteiger partial charge in [0, 0.05) is 68.2 Å². The Kier molecular flexibility index (Phi) is 12.7. The fourth-order valence-electron chi connectivity index (χ4n) is 8.11. The van der Waals surface area contributed by atoms with Gasteiger partial charge in [-0.05, 0) is 86.8 Å². The highest BCUT2D eigenvalue weighted by molar-refractivity contribution is 7.89. The second-order valence-electron chi connectivity index (χ2n) is 14.3. The first-order valence-electron chi connectivity index (χ1n) is 19.0. The van der Waals surface area contributed by atoms with Crippen molar-refractivity contribution in [2.45, 2.75) is 75.6 Å². The van der Waals surface area contributed by atoms with E-state index in [4.69, 9.17) is 9.47 Å². The normalized spacial score (nSPS) is 16.8. The highest BCUT2D eigenvalue weighted by atomic mass is 32.2. The molecule has 6 rings (SSSR count). The second-order valence-corrected chi connectivity index (χ2v) is 16.3. The number of hydrogen-bond donors (Lipinski definition) is 1. The molecule has 4 heterocycles. The number of likely N-dealkylation sites (tertiary alicyclic amines) is 1. The number of aromatic nitrogens is 2. The van der Waals surface area contributed by atoms with Gasteiger partial charge >= 0.3 is 0 Å². The molecule has 11 nitrogen and oxygen atoms in total. The minimum absolute atomic E-state index is 0.0355. The van der Waals surface area contributed by atoms with Crippen LogP contribution in [-0.2, 0) is 10.0 Å². The van der Waals surface area contributed by atoms with Crippen molar-refractivity contribution in [2.75, 3.05) is 46.9 Å². The maximum Gasteiger partial charge on any atom is 0.267 e. The van der Waals surface area contributed by atoms with Crippen LogP contribution in [0.5, 0.6) is 11.5 Å². The van der Waals surface area contributed by atoms with Crippen molar-refractivity contribution >= 4 is 32.7 Å². The van der Waals surface area contributed by atoms with E-state index in [1.807, 2.05) is 29.3 Å². The van der Waals surface area contributed by atoms with E-state index in [1.165, 1.54) is 0 Å². The van der Waals surface area contributed by atoms with E-state index in [0.29, 0.717) is 72.2 Å². The van der Waals surface area contributed by atoms with Gasteiger partial charge in [0.25, 0.3) is 11.8 Å². The van der Waals surface area contributed by atoms with Crippen molar-refractivity contribution in [3.05, 3.63) is 84.3 Å². The van der Waals surface area contributed by atoms with Crippen LogP contribution in [0.3, 0.4) is 0 Å². The summed E-state index contributed by atoms with van der Waals surface area (Å²) in [6, 6.07) is 18.0. The predicted octanol–water partition coefficient (Wildman–Crippen LogP) is 6.95. The number of methoxy groups -OCH3 is 2. The Morgan fingerprint density at radius 3 is 2.26 bits per heavy atom. The van der Waals surface area contributed by atoms with Crippen molar-refractivity contribution in [3.8, 4) is 11.5 Å². The quantitative estimate of drug-likeness (QED) is 0.131. The average Bonchev–Trinajstić information content (AvgIpc) is 3.59. The van der Waals surface area contributed by atoms with Crippen LogP contribution in [0.4, 0.5) is 0 Å². The van der Waals surface area contributed by atoms with Gasteiger partial charge in [-0.3, -0.25) is 14.6 Å². The molecular weight excluding hydrogens is 691 g/mol. The van der Waals surface area contributed by atoms with Crippen LogP contribution in [0.2, 0.25) is 0 Å². The van der Waals surface area contributed by atoms with E-state index in [0.717, 1.165) is 68.7 Å². The van der Waals surface area contributed by atoms with Gasteiger partial charge in [0.05, 0.1) is 24.6 Å². The number of benzene rings is 2. The lowest BCUT2D eigenvalue weighted by atomic mass is 9.86. The summed E-state index contributed by atoms with van der Waals surface area (Å²) >= 11 is 0. The third-order valence-corrected chi connectivity index (χ3v) is 12.9. The van der Waals surface area contributed by atoms with Crippen LogP contribution in [0.25, 0.3) is 10.9 Å². The van der Waals surface area contributed by atoms with Crippen molar-refractivity contribution in [3.63, 3.8) is 0 Å². The Morgan fingerprint density at radius 1 is 0.906 bits per heavy atom. The zero-order chi connectivity index (χ0) is 37.4. The summed E-state index contributed by atoms with van der Waals surface area (Å²) in [5.74, 6) is 1.83. The molecule has 2 saturated heterocycles. The molecule has 0 radical (unpaired) electrons. The fraction of sp³-hybridized carbons (Fsp3) is 0.488. The Balaban J connectivity index is 1.04.